The van der Waals surface area contributed by atoms with E-state index in [9.17, 15) is 9.13 Å². The highest BCUT2D eigenvalue weighted by Gasteiger charge is 2.36. The van der Waals surface area contributed by atoms with E-state index in [2.05, 4.69) is 62.3 Å². The zero-order valence-corrected chi connectivity index (χ0v) is 36.3. The van der Waals surface area contributed by atoms with E-state index in [4.69, 9.17) is 27.1 Å². The first-order valence-corrected chi connectivity index (χ1v) is 23.6. The predicted molar refractivity (Wildman–Crippen MR) is 209 cm³/mol. The summed E-state index contributed by atoms with van der Waals surface area (Å²) >= 11 is 0. The lowest BCUT2D eigenvalue weighted by atomic mass is 10.1. The average Bonchev–Trinajstić information content (AvgIpc) is 3.07. The summed E-state index contributed by atoms with van der Waals surface area (Å²) in [5.74, 6) is 0. The standard InChI is InChI=1S/C21H45O4P.C18H39O4P/c1-7-13-16-19(10-4)23-26(22,24-20(11-5)17-14-8-2)25-21(12-6)18-15-9-3;1-7-10-13-16(4)20-23(19,21-17(5)14-11-8-2)22-18(6)15-12-9-3/h19-21H,7-18H2,1-6H3;16-18H,7-15H2,1-6H3. The third kappa shape index (κ3) is 28.4. The highest BCUT2D eigenvalue weighted by molar-refractivity contribution is 7.48. The number of hydrogen-bond donors (Lipinski definition) is 0. The molecule has 6 atom stereocenters. The van der Waals surface area contributed by atoms with Crippen molar-refractivity contribution in [2.75, 3.05) is 0 Å². The highest BCUT2D eigenvalue weighted by atomic mass is 31.2. The summed E-state index contributed by atoms with van der Waals surface area (Å²) in [5, 5.41) is 0. The van der Waals surface area contributed by atoms with Crippen LogP contribution in [-0.4, -0.2) is 36.6 Å². The van der Waals surface area contributed by atoms with E-state index in [-0.39, 0.29) is 36.6 Å². The minimum absolute atomic E-state index is 0.0619. The number of unbranched alkanes of at least 4 members (excludes halogenated alkanes) is 6. The van der Waals surface area contributed by atoms with Crippen LogP contribution in [0.3, 0.4) is 0 Å². The zero-order chi connectivity index (χ0) is 37.6. The lowest BCUT2D eigenvalue weighted by Gasteiger charge is -2.29. The van der Waals surface area contributed by atoms with Crippen LogP contribution in [0, 0.1) is 0 Å². The minimum Gasteiger partial charge on any atom is -0.284 e. The number of phosphoric acid groups is 2. The number of hydrogen-bond acceptors (Lipinski definition) is 8. The van der Waals surface area contributed by atoms with Crippen LogP contribution >= 0.6 is 15.6 Å². The average molecular weight is 743 g/mol. The summed E-state index contributed by atoms with van der Waals surface area (Å²) < 4.78 is 61.9. The molecule has 0 aromatic heterocycles. The summed E-state index contributed by atoms with van der Waals surface area (Å²) in [7, 11) is -7.07. The topological polar surface area (TPSA) is 89.5 Å². The van der Waals surface area contributed by atoms with Gasteiger partial charge in [0.1, 0.15) is 0 Å². The van der Waals surface area contributed by atoms with E-state index in [0.29, 0.717) is 0 Å². The van der Waals surface area contributed by atoms with Crippen LogP contribution in [0.5, 0.6) is 0 Å². The molecule has 0 saturated carbocycles. The van der Waals surface area contributed by atoms with Crippen molar-refractivity contribution >= 4 is 15.6 Å². The fraction of sp³-hybridized carbons (Fsp3) is 1.00. The second-order valence-corrected chi connectivity index (χ2v) is 17.0. The van der Waals surface area contributed by atoms with Gasteiger partial charge in [-0.05, 0) is 78.6 Å². The number of rotatable bonds is 33. The molecule has 49 heavy (non-hydrogen) atoms. The van der Waals surface area contributed by atoms with Gasteiger partial charge in [0.05, 0.1) is 36.6 Å². The molecule has 0 spiro atoms. The van der Waals surface area contributed by atoms with Gasteiger partial charge in [0, 0.05) is 0 Å². The van der Waals surface area contributed by atoms with Crippen molar-refractivity contribution in [3.8, 4) is 0 Å². The molecule has 0 heterocycles. The van der Waals surface area contributed by atoms with E-state index in [1.165, 1.54) is 0 Å². The van der Waals surface area contributed by atoms with Crippen LogP contribution in [0.15, 0.2) is 0 Å². The SMILES string of the molecule is CCCCC(C)OP(=O)(OC(C)CCCC)OC(C)CCCC.CCCCC(CC)OP(=O)(OC(CC)CCCC)OC(CC)CCCC. The van der Waals surface area contributed by atoms with Crippen molar-refractivity contribution in [2.24, 2.45) is 0 Å². The Kier molecular flexibility index (Phi) is 34.4. The Morgan fingerprint density at radius 2 is 0.551 bits per heavy atom. The van der Waals surface area contributed by atoms with Crippen LogP contribution in [0.4, 0.5) is 0 Å². The van der Waals surface area contributed by atoms with Gasteiger partial charge in [-0.25, -0.2) is 9.13 Å². The smallest absolute Gasteiger partial charge is 0.284 e. The van der Waals surface area contributed by atoms with Gasteiger partial charge in [-0.15, -0.1) is 0 Å². The summed E-state index contributed by atoms with van der Waals surface area (Å²) in [4.78, 5) is 0. The lowest BCUT2D eigenvalue weighted by Crippen LogP contribution is -2.21. The van der Waals surface area contributed by atoms with Gasteiger partial charge < -0.3 is 0 Å². The molecule has 0 saturated heterocycles. The Labute approximate surface area is 305 Å². The van der Waals surface area contributed by atoms with E-state index in [0.717, 1.165) is 135 Å². The molecule has 0 aliphatic rings. The molecule has 0 amide bonds. The first kappa shape index (κ1) is 51.3. The third-order valence-electron chi connectivity index (χ3n) is 8.66. The minimum atomic E-state index is -3.56. The molecule has 298 valence electrons. The normalized spacial score (nSPS) is 18.0. The molecule has 0 bridgehead atoms. The largest absolute Gasteiger partial charge is 0.475 e. The molecule has 0 aliphatic heterocycles. The van der Waals surface area contributed by atoms with Crippen LogP contribution in [0.2, 0.25) is 0 Å². The van der Waals surface area contributed by atoms with E-state index in [1.807, 2.05) is 20.8 Å². The van der Waals surface area contributed by atoms with Crippen LogP contribution in [-0.2, 0) is 36.3 Å². The molecule has 0 fully saturated rings. The molecule has 0 aliphatic carbocycles. The summed E-state index contributed by atoms with van der Waals surface area (Å²) in [6.45, 7) is 25.0. The van der Waals surface area contributed by atoms with Gasteiger partial charge in [0.15, 0.2) is 0 Å². The maximum atomic E-state index is 13.5. The quantitative estimate of drug-likeness (QED) is 0.0614. The van der Waals surface area contributed by atoms with Crippen molar-refractivity contribution in [3.05, 3.63) is 0 Å². The summed E-state index contributed by atoms with van der Waals surface area (Å²) in [6, 6.07) is 0. The summed E-state index contributed by atoms with van der Waals surface area (Å²) in [6.07, 6.45) is 20.3. The second kappa shape index (κ2) is 32.8. The van der Waals surface area contributed by atoms with Crippen LogP contribution < -0.4 is 0 Å². The fourth-order valence-corrected chi connectivity index (χ4v) is 9.08. The molecule has 0 aromatic carbocycles. The van der Waals surface area contributed by atoms with Crippen molar-refractivity contribution in [1.29, 1.82) is 0 Å². The Bertz CT molecular complexity index is 714. The van der Waals surface area contributed by atoms with E-state index in [1.54, 1.807) is 0 Å². The second-order valence-electron chi connectivity index (χ2n) is 13.9. The van der Waals surface area contributed by atoms with Crippen LogP contribution in [0.1, 0.15) is 218 Å². The molecule has 8 nitrogen and oxygen atoms in total. The van der Waals surface area contributed by atoms with Crippen molar-refractivity contribution in [2.45, 2.75) is 255 Å². The van der Waals surface area contributed by atoms with Gasteiger partial charge in [0.25, 0.3) is 0 Å². The van der Waals surface area contributed by atoms with Gasteiger partial charge in [-0.2, -0.15) is 0 Å². The molecule has 0 radical (unpaired) electrons. The van der Waals surface area contributed by atoms with Crippen LogP contribution in [0.25, 0.3) is 0 Å². The molecule has 10 heteroatoms. The third-order valence-corrected chi connectivity index (χ3v) is 12.2. The van der Waals surface area contributed by atoms with Gasteiger partial charge in [-0.3, -0.25) is 27.1 Å². The monoisotopic (exact) mass is 743 g/mol. The molecule has 0 N–H and O–H groups in total. The summed E-state index contributed by atoms with van der Waals surface area (Å²) in [5.41, 5.74) is 0. The molecular weight excluding hydrogens is 658 g/mol. The zero-order valence-electron chi connectivity index (χ0n) is 34.5. The molecule has 0 aromatic rings. The fourth-order valence-electron chi connectivity index (χ4n) is 5.28. The van der Waals surface area contributed by atoms with Gasteiger partial charge >= 0.3 is 15.6 Å². The first-order valence-electron chi connectivity index (χ1n) is 20.6. The molecule has 6 unspecified atom stereocenters. The maximum Gasteiger partial charge on any atom is 0.475 e. The van der Waals surface area contributed by atoms with Crippen molar-refractivity contribution in [3.63, 3.8) is 0 Å². The van der Waals surface area contributed by atoms with E-state index >= 15 is 0 Å². The van der Waals surface area contributed by atoms with Crippen molar-refractivity contribution < 1.29 is 36.3 Å². The Balaban J connectivity index is 0. The van der Waals surface area contributed by atoms with Gasteiger partial charge in [-0.1, -0.05) is 139 Å². The highest BCUT2D eigenvalue weighted by Crippen LogP contribution is 2.55. The number of phosphoric ester groups is 2. The first-order chi connectivity index (χ1) is 23.3. The van der Waals surface area contributed by atoms with E-state index < -0.39 is 15.6 Å². The molecule has 0 rings (SSSR count). The maximum absolute atomic E-state index is 13.5. The Hall–Kier alpha value is 0.220. The lowest BCUT2D eigenvalue weighted by molar-refractivity contribution is 0.0206. The van der Waals surface area contributed by atoms with Crippen molar-refractivity contribution in [1.82, 2.24) is 0 Å². The van der Waals surface area contributed by atoms with Gasteiger partial charge in [0.2, 0.25) is 0 Å². The predicted octanol–water partition coefficient (Wildman–Crippen LogP) is 14.9. The Morgan fingerprint density at radius 1 is 0.347 bits per heavy atom. The Morgan fingerprint density at radius 3 is 0.755 bits per heavy atom. The molecular formula is C39H84O8P2.